The lowest BCUT2D eigenvalue weighted by atomic mass is 9.82. The molecule has 18 heavy (non-hydrogen) atoms. The highest BCUT2D eigenvalue weighted by Crippen LogP contribution is 2.29. The molecule has 2 atom stereocenters. The van der Waals surface area contributed by atoms with Crippen LogP contribution in [0, 0.1) is 5.41 Å². The summed E-state index contributed by atoms with van der Waals surface area (Å²) in [4.78, 5) is 3.14. The summed E-state index contributed by atoms with van der Waals surface area (Å²) in [7, 11) is 0. The fourth-order valence-electron chi connectivity index (χ4n) is 2.00. The first kappa shape index (κ1) is 15.0. The monoisotopic (exact) mass is 268 g/mol. The van der Waals surface area contributed by atoms with Gasteiger partial charge in [0.25, 0.3) is 0 Å². The SMILES string of the molecule is CC(C)(C)[C@@H](O)[C@@H](N)c1ccc2[nH]ccc2c1.Cl. The zero-order valence-corrected chi connectivity index (χ0v) is 11.8. The summed E-state index contributed by atoms with van der Waals surface area (Å²) in [6.45, 7) is 5.98. The molecule has 0 spiro atoms. The first-order valence-corrected chi connectivity index (χ1v) is 5.90. The fraction of sp³-hybridized carbons (Fsp3) is 0.429. The maximum Gasteiger partial charge on any atom is 0.0780 e. The Morgan fingerprint density at radius 1 is 1.22 bits per heavy atom. The van der Waals surface area contributed by atoms with Crippen LogP contribution >= 0.6 is 12.4 Å². The van der Waals surface area contributed by atoms with Gasteiger partial charge in [-0.2, -0.15) is 0 Å². The molecule has 0 radical (unpaired) electrons. The van der Waals surface area contributed by atoms with E-state index < -0.39 is 6.10 Å². The second-order valence-electron chi connectivity index (χ2n) is 5.66. The Balaban J connectivity index is 0.00000162. The summed E-state index contributed by atoms with van der Waals surface area (Å²) in [6.07, 6.45) is 1.35. The first-order valence-electron chi connectivity index (χ1n) is 5.90. The second kappa shape index (κ2) is 5.31. The van der Waals surface area contributed by atoms with Gasteiger partial charge in [-0.25, -0.2) is 0 Å². The van der Waals surface area contributed by atoms with Gasteiger partial charge in [-0.15, -0.1) is 12.4 Å². The maximum atomic E-state index is 10.2. The van der Waals surface area contributed by atoms with Gasteiger partial charge in [-0.1, -0.05) is 26.8 Å². The normalized spacial score (nSPS) is 15.2. The van der Waals surface area contributed by atoms with Crippen molar-refractivity contribution in [2.75, 3.05) is 0 Å². The highest BCUT2D eigenvalue weighted by atomic mass is 35.5. The molecule has 0 bridgehead atoms. The molecule has 0 aliphatic rings. The number of hydrogen-bond donors (Lipinski definition) is 3. The van der Waals surface area contributed by atoms with Gasteiger partial charge >= 0.3 is 0 Å². The molecular weight excluding hydrogens is 248 g/mol. The minimum Gasteiger partial charge on any atom is -0.391 e. The minimum atomic E-state index is -0.557. The lowest BCUT2D eigenvalue weighted by molar-refractivity contribution is 0.0401. The van der Waals surface area contributed by atoms with Crippen LogP contribution in [0.1, 0.15) is 32.4 Å². The van der Waals surface area contributed by atoms with Crippen molar-refractivity contribution in [1.82, 2.24) is 4.98 Å². The molecule has 4 N–H and O–H groups in total. The van der Waals surface area contributed by atoms with Crippen LogP contribution in [0.25, 0.3) is 10.9 Å². The van der Waals surface area contributed by atoms with Crippen molar-refractivity contribution in [1.29, 1.82) is 0 Å². The molecule has 0 fully saturated rings. The molecule has 0 unspecified atom stereocenters. The Kier molecular flexibility index (Phi) is 4.43. The number of halogens is 1. The number of H-pyrrole nitrogens is 1. The Morgan fingerprint density at radius 2 is 1.89 bits per heavy atom. The van der Waals surface area contributed by atoms with Gasteiger partial charge in [0.1, 0.15) is 0 Å². The van der Waals surface area contributed by atoms with Crippen LogP contribution in [-0.2, 0) is 0 Å². The van der Waals surface area contributed by atoms with Crippen LogP contribution in [-0.4, -0.2) is 16.2 Å². The van der Waals surface area contributed by atoms with Crippen molar-refractivity contribution >= 4 is 23.3 Å². The standard InChI is InChI=1S/C14H20N2O.ClH/c1-14(2,3)13(17)12(15)10-4-5-11-9(8-10)6-7-16-11;/h4-8,12-13,16-17H,15H2,1-3H3;1H/t12-,13-;/m0./s1. The van der Waals surface area contributed by atoms with Crippen molar-refractivity contribution < 1.29 is 5.11 Å². The molecule has 1 heterocycles. The van der Waals surface area contributed by atoms with Crippen LogP contribution in [0.2, 0.25) is 0 Å². The second-order valence-corrected chi connectivity index (χ2v) is 5.66. The maximum absolute atomic E-state index is 10.2. The third-order valence-electron chi connectivity index (χ3n) is 3.19. The average Bonchev–Trinajstić information content (AvgIpc) is 2.72. The van der Waals surface area contributed by atoms with Crippen LogP contribution < -0.4 is 5.73 Å². The predicted molar refractivity (Wildman–Crippen MR) is 77.9 cm³/mol. The highest BCUT2D eigenvalue weighted by molar-refractivity contribution is 5.85. The lowest BCUT2D eigenvalue weighted by Gasteiger charge is -2.31. The number of nitrogens with two attached hydrogens (primary N) is 1. The Bertz CT molecular complexity index is 516. The number of aliphatic hydroxyl groups is 1. The summed E-state index contributed by atoms with van der Waals surface area (Å²) < 4.78 is 0. The summed E-state index contributed by atoms with van der Waals surface area (Å²) in [5, 5.41) is 11.3. The first-order chi connectivity index (χ1) is 7.89. The molecule has 0 saturated heterocycles. The van der Waals surface area contributed by atoms with E-state index in [9.17, 15) is 5.11 Å². The van der Waals surface area contributed by atoms with Crippen LogP contribution in [0.15, 0.2) is 30.5 Å². The predicted octanol–water partition coefficient (Wildman–Crippen LogP) is 3.00. The van der Waals surface area contributed by atoms with E-state index in [-0.39, 0.29) is 23.9 Å². The van der Waals surface area contributed by atoms with Crippen molar-refractivity contribution in [2.45, 2.75) is 32.9 Å². The number of benzene rings is 1. The number of nitrogens with one attached hydrogen (secondary N) is 1. The smallest absolute Gasteiger partial charge is 0.0780 e. The summed E-state index contributed by atoms with van der Waals surface area (Å²) in [5.41, 5.74) is 7.97. The van der Waals surface area contributed by atoms with E-state index in [1.807, 2.05) is 51.2 Å². The number of aliphatic hydroxyl groups excluding tert-OH is 1. The number of aromatic amines is 1. The van der Waals surface area contributed by atoms with E-state index >= 15 is 0 Å². The summed E-state index contributed by atoms with van der Waals surface area (Å²) in [5.74, 6) is 0. The Hall–Kier alpha value is -1.03. The quantitative estimate of drug-likeness (QED) is 0.784. The number of fused-ring (bicyclic) bond motifs is 1. The molecule has 0 aliphatic carbocycles. The third-order valence-corrected chi connectivity index (χ3v) is 3.19. The molecule has 3 nitrogen and oxygen atoms in total. The summed E-state index contributed by atoms with van der Waals surface area (Å²) >= 11 is 0. The van der Waals surface area contributed by atoms with E-state index in [0.717, 1.165) is 16.5 Å². The van der Waals surface area contributed by atoms with Gasteiger partial charge < -0.3 is 15.8 Å². The van der Waals surface area contributed by atoms with E-state index in [1.54, 1.807) is 0 Å². The van der Waals surface area contributed by atoms with E-state index in [4.69, 9.17) is 5.73 Å². The van der Waals surface area contributed by atoms with Gasteiger partial charge in [-0.3, -0.25) is 0 Å². The number of aromatic nitrogens is 1. The van der Waals surface area contributed by atoms with Gasteiger partial charge in [0.2, 0.25) is 0 Å². The molecule has 1 aromatic heterocycles. The van der Waals surface area contributed by atoms with Crippen LogP contribution in [0.5, 0.6) is 0 Å². The van der Waals surface area contributed by atoms with Gasteiger partial charge in [0, 0.05) is 11.7 Å². The number of rotatable bonds is 2. The van der Waals surface area contributed by atoms with Crippen molar-refractivity contribution in [2.24, 2.45) is 11.1 Å². The molecule has 0 saturated carbocycles. The van der Waals surface area contributed by atoms with Crippen molar-refractivity contribution in [3.8, 4) is 0 Å². The topological polar surface area (TPSA) is 62.0 Å². The minimum absolute atomic E-state index is 0. The molecule has 0 aliphatic heterocycles. The van der Waals surface area contributed by atoms with E-state index in [1.165, 1.54) is 0 Å². The molecule has 4 heteroatoms. The average molecular weight is 269 g/mol. The van der Waals surface area contributed by atoms with Gasteiger partial charge in [-0.05, 0) is 34.6 Å². The Morgan fingerprint density at radius 3 is 2.50 bits per heavy atom. The van der Waals surface area contributed by atoms with Crippen LogP contribution in [0.4, 0.5) is 0 Å². The van der Waals surface area contributed by atoms with E-state index in [0.29, 0.717) is 0 Å². The van der Waals surface area contributed by atoms with Crippen molar-refractivity contribution in [3.05, 3.63) is 36.0 Å². The van der Waals surface area contributed by atoms with Gasteiger partial charge in [0.05, 0.1) is 12.1 Å². The largest absolute Gasteiger partial charge is 0.391 e. The van der Waals surface area contributed by atoms with Crippen molar-refractivity contribution in [3.63, 3.8) is 0 Å². The van der Waals surface area contributed by atoms with Crippen LogP contribution in [0.3, 0.4) is 0 Å². The third kappa shape index (κ3) is 2.86. The molecule has 0 amide bonds. The molecule has 2 rings (SSSR count). The lowest BCUT2D eigenvalue weighted by Crippen LogP contribution is -2.36. The zero-order chi connectivity index (χ0) is 12.6. The van der Waals surface area contributed by atoms with E-state index in [2.05, 4.69) is 4.98 Å². The highest BCUT2D eigenvalue weighted by Gasteiger charge is 2.29. The fourth-order valence-corrected chi connectivity index (χ4v) is 2.00. The molecule has 2 aromatic rings. The molecule has 100 valence electrons. The summed E-state index contributed by atoms with van der Waals surface area (Å²) in [6, 6.07) is 7.66. The van der Waals surface area contributed by atoms with Gasteiger partial charge in [0.15, 0.2) is 0 Å². The zero-order valence-electron chi connectivity index (χ0n) is 11.0. The molecule has 1 aromatic carbocycles. The number of hydrogen-bond acceptors (Lipinski definition) is 2. The Labute approximate surface area is 114 Å². The molecular formula is C14H21ClN2O.